The Labute approximate surface area is 127 Å². The number of hydrogen-bond donors (Lipinski definition) is 0. The summed E-state index contributed by atoms with van der Waals surface area (Å²) in [7, 11) is 3.52. The molecule has 0 fully saturated rings. The third kappa shape index (κ3) is 5.70. The molecule has 0 radical (unpaired) electrons. The maximum absolute atomic E-state index is 5.73. The maximum atomic E-state index is 5.73. The molecule has 0 heterocycles. The Kier molecular flexibility index (Phi) is 7.35. The number of ether oxygens (including phenoxy) is 2. The number of benzene rings is 1. The number of methoxy groups -OCH3 is 2. The van der Waals surface area contributed by atoms with Crippen molar-refractivity contribution in [2.45, 2.75) is 43.3 Å². The number of hydrogen-bond acceptors (Lipinski definition) is 3. The molecule has 0 spiro atoms. The lowest BCUT2D eigenvalue weighted by Gasteiger charge is -2.31. The van der Waals surface area contributed by atoms with Gasteiger partial charge in [0.2, 0.25) is 0 Å². The van der Waals surface area contributed by atoms with Gasteiger partial charge in [-0.3, -0.25) is 0 Å². The fraction of sp³-hybridized carbons (Fsp3) is 0.529. The zero-order valence-corrected chi connectivity index (χ0v) is 13.8. The van der Waals surface area contributed by atoms with Crippen molar-refractivity contribution < 1.29 is 9.47 Å². The smallest absolute Gasteiger partial charge is 0.0769 e. The lowest BCUT2D eigenvalue weighted by molar-refractivity contribution is -0.0271. The van der Waals surface area contributed by atoms with Crippen LogP contribution in [0.3, 0.4) is 0 Å². The Morgan fingerprint density at radius 2 is 1.95 bits per heavy atom. The molecule has 0 aliphatic carbocycles. The minimum atomic E-state index is -0.195. The van der Waals surface area contributed by atoms with E-state index in [2.05, 4.69) is 44.7 Å². The molecular weight excluding hydrogens is 268 g/mol. The van der Waals surface area contributed by atoms with Gasteiger partial charge in [0.05, 0.1) is 11.7 Å². The van der Waals surface area contributed by atoms with Crippen LogP contribution < -0.4 is 0 Å². The van der Waals surface area contributed by atoms with Crippen molar-refractivity contribution in [1.29, 1.82) is 0 Å². The molecule has 112 valence electrons. The molecule has 0 amide bonds. The van der Waals surface area contributed by atoms with Crippen LogP contribution in [0.4, 0.5) is 0 Å². The minimum Gasteiger partial charge on any atom is -0.381 e. The van der Waals surface area contributed by atoms with Crippen LogP contribution in [0.2, 0.25) is 0 Å². The average Bonchev–Trinajstić information content (AvgIpc) is 2.46. The largest absolute Gasteiger partial charge is 0.381 e. The molecule has 20 heavy (non-hydrogen) atoms. The summed E-state index contributed by atoms with van der Waals surface area (Å²) in [4.78, 5) is 1.27. The molecule has 0 bridgehead atoms. The van der Waals surface area contributed by atoms with Crippen molar-refractivity contribution in [3.8, 4) is 0 Å². The van der Waals surface area contributed by atoms with Gasteiger partial charge in [-0.25, -0.2) is 0 Å². The minimum absolute atomic E-state index is 0.163. The van der Waals surface area contributed by atoms with E-state index in [0.717, 1.165) is 18.6 Å². The topological polar surface area (TPSA) is 18.5 Å². The predicted octanol–water partition coefficient (Wildman–Crippen LogP) is 4.47. The zero-order chi connectivity index (χ0) is 15.0. The average molecular weight is 294 g/mol. The van der Waals surface area contributed by atoms with E-state index in [-0.39, 0.29) is 11.7 Å². The molecule has 0 aliphatic rings. The van der Waals surface area contributed by atoms with Crippen molar-refractivity contribution in [3.63, 3.8) is 0 Å². The van der Waals surface area contributed by atoms with Gasteiger partial charge in [0, 0.05) is 31.3 Å². The van der Waals surface area contributed by atoms with Crippen LogP contribution in [0.15, 0.2) is 41.8 Å². The summed E-state index contributed by atoms with van der Waals surface area (Å²) in [5, 5.41) is 0. The molecule has 0 aromatic heterocycles. The first kappa shape index (κ1) is 17.3. The lowest BCUT2D eigenvalue weighted by Crippen LogP contribution is -2.35. The second-order valence-electron chi connectivity index (χ2n) is 5.34. The van der Waals surface area contributed by atoms with Gasteiger partial charge in [-0.2, -0.15) is 0 Å². The van der Waals surface area contributed by atoms with Crippen LogP contribution >= 0.6 is 11.8 Å². The lowest BCUT2D eigenvalue weighted by atomic mass is 9.98. The number of rotatable bonds is 9. The molecule has 0 saturated heterocycles. The van der Waals surface area contributed by atoms with E-state index in [9.17, 15) is 0 Å². The van der Waals surface area contributed by atoms with Crippen LogP contribution in [-0.4, -0.2) is 31.7 Å². The molecule has 0 unspecified atom stereocenters. The van der Waals surface area contributed by atoms with E-state index in [4.69, 9.17) is 9.47 Å². The van der Waals surface area contributed by atoms with Gasteiger partial charge in [-0.15, -0.1) is 18.3 Å². The predicted molar refractivity (Wildman–Crippen MR) is 87.5 cm³/mol. The van der Waals surface area contributed by atoms with E-state index in [0.29, 0.717) is 0 Å². The van der Waals surface area contributed by atoms with Gasteiger partial charge >= 0.3 is 0 Å². The first-order chi connectivity index (χ1) is 9.53. The Morgan fingerprint density at radius 1 is 1.30 bits per heavy atom. The van der Waals surface area contributed by atoms with Crippen LogP contribution in [0, 0.1) is 6.92 Å². The summed E-state index contributed by atoms with van der Waals surface area (Å²) in [5.41, 5.74) is 1.09. The van der Waals surface area contributed by atoms with E-state index in [1.165, 1.54) is 10.5 Å². The molecule has 0 saturated carbocycles. The van der Waals surface area contributed by atoms with Gasteiger partial charge < -0.3 is 9.47 Å². The Morgan fingerprint density at radius 3 is 2.45 bits per heavy atom. The van der Waals surface area contributed by atoms with Gasteiger partial charge in [-0.1, -0.05) is 23.8 Å². The van der Waals surface area contributed by atoms with Crippen LogP contribution in [-0.2, 0) is 9.47 Å². The van der Waals surface area contributed by atoms with Crippen LogP contribution in [0.25, 0.3) is 0 Å². The molecule has 3 heteroatoms. The van der Waals surface area contributed by atoms with Crippen molar-refractivity contribution in [1.82, 2.24) is 0 Å². The van der Waals surface area contributed by atoms with Crippen molar-refractivity contribution in [2.75, 3.05) is 20.0 Å². The second-order valence-corrected chi connectivity index (χ2v) is 6.39. The van der Waals surface area contributed by atoms with Crippen molar-refractivity contribution in [3.05, 3.63) is 42.5 Å². The molecule has 2 nitrogen and oxygen atoms in total. The Hall–Kier alpha value is -0.770. The summed E-state index contributed by atoms with van der Waals surface area (Å²) in [5.74, 6) is 0.906. The second kappa shape index (κ2) is 8.50. The highest BCUT2D eigenvalue weighted by atomic mass is 32.2. The molecule has 2 atom stereocenters. The molecule has 1 aromatic rings. The molecular formula is C17H26O2S. The standard InChI is InChI=1S/C17H26O2S/c1-6-7-15(18-4)12-17(3,19-5)13-20-16-10-8-14(2)9-11-16/h6,8-11,15H,1,7,12-13H2,2-5H3/t15-,17-/m1/s1. The normalized spacial score (nSPS) is 15.6. The summed E-state index contributed by atoms with van der Waals surface area (Å²) < 4.78 is 11.2. The summed E-state index contributed by atoms with van der Waals surface area (Å²) in [6.45, 7) is 8.03. The van der Waals surface area contributed by atoms with E-state index >= 15 is 0 Å². The molecule has 0 aliphatic heterocycles. The van der Waals surface area contributed by atoms with Gasteiger partial charge in [0.25, 0.3) is 0 Å². The maximum Gasteiger partial charge on any atom is 0.0769 e. The monoisotopic (exact) mass is 294 g/mol. The van der Waals surface area contributed by atoms with Gasteiger partial charge in [0.15, 0.2) is 0 Å². The van der Waals surface area contributed by atoms with Crippen molar-refractivity contribution >= 4 is 11.8 Å². The summed E-state index contributed by atoms with van der Waals surface area (Å²) >= 11 is 1.82. The highest BCUT2D eigenvalue weighted by molar-refractivity contribution is 7.99. The highest BCUT2D eigenvalue weighted by Gasteiger charge is 2.27. The third-order valence-electron chi connectivity index (χ3n) is 3.48. The van der Waals surface area contributed by atoms with E-state index < -0.39 is 0 Å². The van der Waals surface area contributed by atoms with Crippen molar-refractivity contribution in [2.24, 2.45) is 0 Å². The number of thioether (sulfide) groups is 1. The SMILES string of the molecule is C=CC[C@H](C[C@](C)(CSc1ccc(C)cc1)OC)OC. The first-order valence-electron chi connectivity index (χ1n) is 6.91. The number of aryl methyl sites for hydroxylation is 1. The van der Waals surface area contributed by atoms with Crippen LogP contribution in [0.5, 0.6) is 0 Å². The third-order valence-corrected chi connectivity index (χ3v) is 4.84. The van der Waals surface area contributed by atoms with E-state index in [1.807, 2.05) is 17.8 Å². The summed E-state index contributed by atoms with van der Waals surface area (Å²) in [6, 6.07) is 8.60. The molecule has 1 rings (SSSR count). The van der Waals surface area contributed by atoms with E-state index in [1.54, 1.807) is 14.2 Å². The molecule has 0 N–H and O–H groups in total. The quantitative estimate of drug-likeness (QED) is 0.494. The highest BCUT2D eigenvalue weighted by Crippen LogP contribution is 2.29. The van der Waals surface area contributed by atoms with Crippen LogP contribution in [0.1, 0.15) is 25.3 Å². The van der Waals surface area contributed by atoms with Gasteiger partial charge in [-0.05, 0) is 32.4 Å². The summed E-state index contributed by atoms with van der Waals surface area (Å²) in [6.07, 6.45) is 3.78. The zero-order valence-electron chi connectivity index (χ0n) is 13.0. The fourth-order valence-corrected chi connectivity index (χ4v) is 3.04. The molecule has 1 aromatic carbocycles. The Balaban J connectivity index is 2.59. The fourth-order valence-electron chi connectivity index (χ4n) is 2.00. The first-order valence-corrected chi connectivity index (χ1v) is 7.90. The van der Waals surface area contributed by atoms with Gasteiger partial charge in [0.1, 0.15) is 0 Å². The Bertz CT molecular complexity index is 402.